The summed E-state index contributed by atoms with van der Waals surface area (Å²) in [6, 6.07) is 9.58. The summed E-state index contributed by atoms with van der Waals surface area (Å²) in [7, 11) is -2.86. The Morgan fingerprint density at radius 3 is 2.61 bits per heavy atom. The van der Waals surface area contributed by atoms with Gasteiger partial charge in [0.25, 0.3) is 0 Å². The molecule has 6 rings (SSSR count). The molecule has 0 unspecified atom stereocenters. The van der Waals surface area contributed by atoms with Gasteiger partial charge in [-0.25, -0.2) is 23.5 Å². The third kappa shape index (κ3) is 3.56. The molecule has 4 aromatic rings. The predicted octanol–water partition coefficient (Wildman–Crippen LogP) is 4.83. The summed E-state index contributed by atoms with van der Waals surface area (Å²) in [6.45, 7) is 0.223. The van der Waals surface area contributed by atoms with Crippen molar-refractivity contribution in [2.45, 2.75) is 49.5 Å². The van der Waals surface area contributed by atoms with E-state index in [9.17, 15) is 18.1 Å². The van der Waals surface area contributed by atoms with Crippen LogP contribution < -0.4 is 4.74 Å². The summed E-state index contributed by atoms with van der Waals surface area (Å²) in [6.07, 6.45) is 5.28. The summed E-state index contributed by atoms with van der Waals surface area (Å²) in [5, 5.41) is 10.2. The Labute approximate surface area is 206 Å². The molecular formula is C25H23F2N5O3S. The molecule has 8 nitrogen and oxygen atoms in total. The van der Waals surface area contributed by atoms with Crippen molar-refractivity contribution in [1.82, 2.24) is 19.5 Å². The summed E-state index contributed by atoms with van der Waals surface area (Å²) in [5.41, 5.74) is 2.39. The van der Waals surface area contributed by atoms with E-state index in [2.05, 4.69) is 14.3 Å². The zero-order chi connectivity index (χ0) is 25.4. The first-order valence-corrected chi connectivity index (χ1v) is 13.3. The molecule has 2 aromatic carbocycles. The van der Waals surface area contributed by atoms with Crippen molar-refractivity contribution in [3.8, 4) is 16.9 Å². The molecule has 3 atom stereocenters. The highest BCUT2D eigenvalue weighted by Gasteiger charge is 2.42. The van der Waals surface area contributed by atoms with Gasteiger partial charge in [0, 0.05) is 36.2 Å². The zero-order valence-electron chi connectivity index (χ0n) is 19.7. The van der Waals surface area contributed by atoms with E-state index in [1.807, 2.05) is 22.8 Å². The van der Waals surface area contributed by atoms with Crippen molar-refractivity contribution >= 4 is 20.8 Å². The van der Waals surface area contributed by atoms with Gasteiger partial charge in [-0.1, -0.05) is 12.1 Å². The lowest BCUT2D eigenvalue weighted by molar-refractivity contribution is -0.0508. The van der Waals surface area contributed by atoms with Crippen LogP contribution in [0.1, 0.15) is 49.6 Å². The number of hydrogen-bond donors (Lipinski definition) is 1. The van der Waals surface area contributed by atoms with Crippen LogP contribution in [0.4, 0.5) is 8.78 Å². The lowest BCUT2D eigenvalue weighted by Gasteiger charge is -2.22. The van der Waals surface area contributed by atoms with E-state index in [4.69, 9.17) is 9.72 Å². The normalized spacial score (nSPS) is 22.8. The van der Waals surface area contributed by atoms with E-state index in [0.29, 0.717) is 34.0 Å². The fourth-order valence-electron chi connectivity index (χ4n) is 5.09. The van der Waals surface area contributed by atoms with Gasteiger partial charge in [0.15, 0.2) is 5.82 Å². The summed E-state index contributed by atoms with van der Waals surface area (Å²) in [4.78, 5) is 13.8. The number of halogens is 2. The Morgan fingerprint density at radius 2 is 1.92 bits per heavy atom. The maximum Gasteiger partial charge on any atom is 0.387 e. The Hall–Kier alpha value is -3.44. The molecule has 0 saturated carbocycles. The van der Waals surface area contributed by atoms with E-state index < -0.39 is 34.0 Å². The highest BCUT2D eigenvalue weighted by Crippen LogP contribution is 2.50. The van der Waals surface area contributed by atoms with E-state index in [1.165, 1.54) is 12.3 Å². The lowest BCUT2D eigenvalue weighted by Crippen LogP contribution is -2.19. The van der Waals surface area contributed by atoms with Gasteiger partial charge in [-0.15, -0.1) is 0 Å². The quantitative estimate of drug-likeness (QED) is 0.421. The number of aliphatic hydroxyl groups is 1. The standard InChI is InChI=1S/C25H23F2N5O3S/c1-25(2,33)23-28-11-14(12-29-23)13-7-8-15-17(9-13)32-18-10-16(22(32)30-15)31-36(3,34)20-6-4-5-19(21(18)20)35-24(26)27/h4-9,11-12,16,18,24,33H,10H2,1-3H3/t16-,18-,36+/m0/s1. The van der Waals surface area contributed by atoms with Gasteiger partial charge in [0.05, 0.1) is 31.7 Å². The number of alkyl halides is 2. The number of benzene rings is 2. The van der Waals surface area contributed by atoms with Crippen LogP contribution in [0.15, 0.2) is 58.1 Å². The molecule has 11 heteroatoms. The molecule has 0 amide bonds. The van der Waals surface area contributed by atoms with Gasteiger partial charge in [-0.05, 0) is 43.7 Å². The maximum atomic E-state index is 13.6. The number of nitrogens with zero attached hydrogens (tertiary/aromatic N) is 5. The van der Waals surface area contributed by atoms with E-state index in [1.54, 1.807) is 38.4 Å². The lowest BCUT2D eigenvalue weighted by atomic mass is 10.0. The van der Waals surface area contributed by atoms with Crippen LogP contribution in [-0.2, 0) is 15.3 Å². The minimum absolute atomic E-state index is 0.000568. The van der Waals surface area contributed by atoms with Crippen LogP contribution in [0.25, 0.3) is 22.2 Å². The van der Waals surface area contributed by atoms with E-state index >= 15 is 0 Å². The first kappa shape index (κ1) is 23.0. The first-order chi connectivity index (χ1) is 17.0. The molecule has 0 fully saturated rings. The SMILES string of the molecule is CC(C)(O)c1ncc(-c2ccc3nc4n(c3c2)[C@H]2C[C@@H]4N=[S@](C)(=O)c3cccc(OC(F)F)c32)cn1. The number of ether oxygens (including phenoxy) is 1. The highest BCUT2D eigenvalue weighted by atomic mass is 32.2. The van der Waals surface area contributed by atoms with Crippen molar-refractivity contribution in [1.29, 1.82) is 0 Å². The zero-order valence-corrected chi connectivity index (χ0v) is 20.5. The molecule has 4 heterocycles. The molecule has 0 radical (unpaired) electrons. The van der Waals surface area contributed by atoms with Crippen molar-refractivity contribution in [2.75, 3.05) is 6.26 Å². The van der Waals surface area contributed by atoms with Crippen LogP contribution in [0.3, 0.4) is 0 Å². The Kier molecular flexibility index (Phi) is 4.97. The second-order valence-corrected chi connectivity index (χ2v) is 11.9. The minimum atomic E-state index is -3.01. The van der Waals surface area contributed by atoms with Crippen LogP contribution in [0.2, 0.25) is 0 Å². The van der Waals surface area contributed by atoms with Crippen LogP contribution in [0, 0.1) is 0 Å². The Morgan fingerprint density at radius 1 is 1.17 bits per heavy atom. The topological polar surface area (TPSA) is 102 Å². The summed E-state index contributed by atoms with van der Waals surface area (Å²) >= 11 is 0. The molecule has 2 bridgehead atoms. The van der Waals surface area contributed by atoms with Gasteiger partial charge in [0.1, 0.15) is 23.2 Å². The number of fused-ring (bicyclic) bond motifs is 9. The third-order valence-corrected chi connectivity index (χ3v) is 8.45. The molecule has 0 aliphatic carbocycles. The maximum absolute atomic E-state index is 13.6. The highest BCUT2D eigenvalue weighted by molar-refractivity contribution is 7.93. The minimum Gasteiger partial charge on any atom is -0.434 e. The molecule has 2 aromatic heterocycles. The number of rotatable bonds is 4. The summed E-state index contributed by atoms with van der Waals surface area (Å²) in [5.74, 6) is 0.961. The second kappa shape index (κ2) is 7.78. The van der Waals surface area contributed by atoms with Gasteiger partial charge < -0.3 is 14.4 Å². The second-order valence-electron chi connectivity index (χ2n) is 9.62. The van der Waals surface area contributed by atoms with E-state index in [-0.39, 0.29) is 5.75 Å². The largest absolute Gasteiger partial charge is 0.434 e. The number of hydrogen-bond acceptors (Lipinski definition) is 7. The molecule has 2 aliphatic rings. The predicted molar refractivity (Wildman–Crippen MR) is 129 cm³/mol. The molecule has 2 aliphatic heterocycles. The van der Waals surface area contributed by atoms with Crippen molar-refractivity contribution < 1.29 is 22.8 Å². The fraction of sp³-hybridized carbons (Fsp3) is 0.320. The van der Waals surface area contributed by atoms with Gasteiger partial charge in [-0.2, -0.15) is 8.78 Å². The Balaban J connectivity index is 1.54. The fourth-order valence-corrected chi connectivity index (χ4v) is 6.84. The first-order valence-electron chi connectivity index (χ1n) is 11.4. The number of aromatic nitrogens is 4. The van der Waals surface area contributed by atoms with Crippen LogP contribution >= 0.6 is 0 Å². The van der Waals surface area contributed by atoms with Crippen molar-refractivity contribution in [3.63, 3.8) is 0 Å². The molecule has 0 saturated heterocycles. The molecule has 0 spiro atoms. The number of imidazole rings is 1. The smallest absolute Gasteiger partial charge is 0.387 e. The summed E-state index contributed by atoms with van der Waals surface area (Å²) < 4.78 is 51.7. The molecule has 186 valence electrons. The molecule has 36 heavy (non-hydrogen) atoms. The van der Waals surface area contributed by atoms with Gasteiger partial charge in [-0.3, -0.25) is 0 Å². The average molecular weight is 512 g/mol. The molecular weight excluding hydrogens is 488 g/mol. The van der Waals surface area contributed by atoms with Crippen molar-refractivity contribution in [3.05, 3.63) is 66.0 Å². The average Bonchev–Trinajstić information content (AvgIpc) is 3.31. The van der Waals surface area contributed by atoms with Crippen molar-refractivity contribution in [2.24, 2.45) is 4.36 Å². The van der Waals surface area contributed by atoms with Gasteiger partial charge in [0.2, 0.25) is 0 Å². The van der Waals surface area contributed by atoms with Crippen LogP contribution in [0.5, 0.6) is 5.75 Å². The van der Waals surface area contributed by atoms with Gasteiger partial charge >= 0.3 is 6.61 Å². The third-order valence-electron chi connectivity index (χ3n) is 6.62. The van der Waals surface area contributed by atoms with Crippen LogP contribution in [-0.4, -0.2) is 41.7 Å². The Bertz CT molecular complexity index is 1640. The molecule has 1 N–H and O–H groups in total. The monoisotopic (exact) mass is 511 g/mol. The van der Waals surface area contributed by atoms with E-state index in [0.717, 1.165) is 16.6 Å².